The van der Waals surface area contributed by atoms with Gasteiger partial charge >= 0.3 is 0 Å². The molecule has 1 fully saturated rings. The minimum absolute atomic E-state index is 0.0242. The van der Waals surface area contributed by atoms with Gasteiger partial charge in [-0.05, 0) is 29.7 Å². The number of likely N-dealkylation sites (tertiary alicyclic amines) is 1. The molecule has 0 unspecified atom stereocenters. The Balaban J connectivity index is 1.90. The number of hydrogen-bond acceptors (Lipinski definition) is 3. The Morgan fingerprint density at radius 1 is 1.09 bits per heavy atom. The maximum atomic E-state index is 12.1. The van der Waals surface area contributed by atoms with Crippen LogP contribution in [0.2, 0.25) is 0 Å². The second-order valence-corrected chi connectivity index (χ2v) is 5.86. The Kier molecular flexibility index (Phi) is 3.75. The highest BCUT2D eigenvalue weighted by Crippen LogP contribution is 2.36. The molecule has 2 aromatic rings. The van der Waals surface area contributed by atoms with Gasteiger partial charge in [0, 0.05) is 31.5 Å². The maximum absolute atomic E-state index is 12.1. The standard InChI is InChI=1S/C18H19NO3/c1-19-17(9-12-7-14(20)10-15(21)8-12)16(11-18(19)22)13-5-3-2-4-6-13/h2-8,10,16-17,20-21H,9,11H2,1H3/t16-,17-/m0/s1. The van der Waals surface area contributed by atoms with Gasteiger partial charge in [0.2, 0.25) is 5.91 Å². The predicted molar refractivity (Wildman–Crippen MR) is 83.8 cm³/mol. The molecule has 4 nitrogen and oxygen atoms in total. The summed E-state index contributed by atoms with van der Waals surface area (Å²) in [6.07, 6.45) is 1.10. The van der Waals surface area contributed by atoms with Crippen molar-refractivity contribution in [1.29, 1.82) is 0 Å². The summed E-state index contributed by atoms with van der Waals surface area (Å²) in [5.74, 6) is 0.336. The molecule has 4 heteroatoms. The number of rotatable bonds is 3. The number of phenols is 2. The van der Waals surface area contributed by atoms with Crippen molar-refractivity contribution >= 4 is 5.91 Å². The summed E-state index contributed by atoms with van der Waals surface area (Å²) in [7, 11) is 1.82. The van der Waals surface area contributed by atoms with Crippen LogP contribution >= 0.6 is 0 Å². The molecule has 1 heterocycles. The summed E-state index contributed by atoms with van der Waals surface area (Å²) < 4.78 is 0. The predicted octanol–water partition coefficient (Wildman–Crippen LogP) is 2.65. The molecule has 22 heavy (non-hydrogen) atoms. The van der Waals surface area contributed by atoms with E-state index in [9.17, 15) is 15.0 Å². The second kappa shape index (κ2) is 5.72. The highest BCUT2D eigenvalue weighted by Gasteiger charge is 2.38. The van der Waals surface area contributed by atoms with Gasteiger partial charge in [0.05, 0.1) is 0 Å². The number of benzene rings is 2. The summed E-state index contributed by atoms with van der Waals surface area (Å²) in [5, 5.41) is 19.3. The molecule has 0 radical (unpaired) electrons. The first-order valence-corrected chi connectivity index (χ1v) is 7.37. The van der Waals surface area contributed by atoms with Gasteiger partial charge in [-0.15, -0.1) is 0 Å². The van der Waals surface area contributed by atoms with Gasteiger partial charge < -0.3 is 15.1 Å². The fourth-order valence-corrected chi connectivity index (χ4v) is 3.26. The van der Waals surface area contributed by atoms with E-state index in [1.165, 1.54) is 6.07 Å². The zero-order chi connectivity index (χ0) is 15.7. The lowest BCUT2D eigenvalue weighted by atomic mass is 9.88. The summed E-state index contributed by atoms with van der Waals surface area (Å²) in [6, 6.07) is 14.6. The smallest absolute Gasteiger partial charge is 0.223 e. The third-order valence-electron chi connectivity index (χ3n) is 4.38. The Bertz CT molecular complexity index is 664. The van der Waals surface area contributed by atoms with Crippen molar-refractivity contribution in [2.24, 2.45) is 0 Å². The van der Waals surface area contributed by atoms with Crippen molar-refractivity contribution in [3.63, 3.8) is 0 Å². The summed E-state index contributed by atoms with van der Waals surface area (Å²) in [4.78, 5) is 13.9. The van der Waals surface area contributed by atoms with E-state index in [0.29, 0.717) is 12.8 Å². The lowest BCUT2D eigenvalue weighted by molar-refractivity contribution is -0.127. The van der Waals surface area contributed by atoms with E-state index >= 15 is 0 Å². The molecule has 1 saturated heterocycles. The average molecular weight is 297 g/mol. The van der Waals surface area contributed by atoms with E-state index in [-0.39, 0.29) is 29.4 Å². The number of phenolic OH excluding ortho intramolecular Hbond substituents is 2. The monoisotopic (exact) mass is 297 g/mol. The molecule has 3 rings (SSSR count). The van der Waals surface area contributed by atoms with Crippen molar-refractivity contribution in [3.05, 3.63) is 59.7 Å². The third-order valence-corrected chi connectivity index (χ3v) is 4.38. The zero-order valence-electron chi connectivity index (χ0n) is 12.4. The number of amides is 1. The lowest BCUT2D eigenvalue weighted by Gasteiger charge is -2.25. The molecule has 0 bridgehead atoms. The summed E-state index contributed by atoms with van der Waals surface area (Å²) >= 11 is 0. The largest absolute Gasteiger partial charge is 0.508 e. The van der Waals surface area contributed by atoms with Crippen LogP contribution in [0.4, 0.5) is 0 Å². The van der Waals surface area contributed by atoms with E-state index in [2.05, 4.69) is 0 Å². The Labute approximate surface area is 129 Å². The van der Waals surface area contributed by atoms with Crippen LogP contribution in [0.5, 0.6) is 11.5 Å². The van der Waals surface area contributed by atoms with Crippen LogP contribution in [-0.4, -0.2) is 34.1 Å². The van der Waals surface area contributed by atoms with E-state index in [1.807, 2.05) is 37.4 Å². The van der Waals surface area contributed by atoms with Gasteiger partial charge in [0.25, 0.3) is 0 Å². The maximum Gasteiger partial charge on any atom is 0.223 e. The van der Waals surface area contributed by atoms with Crippen LogP contribution in [-0.2, 0) is 11.2 Å². The topological polar surface area (TPSA) is 60.8 Å². The minimum Gasteiger partial charge on any atom is -0.508 e. The molecule has 1 amide bonds. The van der Waals surface area contributed by atoms with Crippen molar-refractivity contribution in [1.82, 2.24) is 4.90 Å². The highest BCUT2D eigenvalue weighted by molar-refractivity contribution is 5.80. The first-order valence-electron chi connectivity index (χ1n) is 7.37. The quantitative estimate of drug-likeness (QED) is 0.915. The van der Waals surface area contributed by atoms with E-state index in [1.54, 1.807) is 17.0 Å². The van der Waals surface area contributed by atoms with Gasteiger partial charge in [-0.2, -0.15) is 0 Å². The van der Waals surface area contributed by atoms with E-state index in [4.69, 9.17) is 0 Å². The van der Waals surface area contributed by atoms with Crippen LogP contribution in [0, 0.1) is 0 Å². The van der Waals surface area contributed by atoms with Crippen molar-refractivity contribution in [2.75, 3.05) is 7.05 Å². The van der Waals surface area contributed by atoms with Gasteiger partial charge in [0.1, 0.15) is 11.5 Å². The molecule has 1 aliphatic rings. The minimum atomic E-state index is 0.0242. The van der Waals surface area contributed by atoms with Crippen molar-refractivity contribution < 1.29 is 15.0 Å². The van der Waals surface area contributed by atoms with Gasteiger partial charge in [-0.1, -0.05) is 30.3 Å². The highest BCUT2D eigenvalue weighted by atomic mass is 16.3. The molecule has 2 aromatic carbocycles. The lowest BCUT2D eigenvalue weighted by Crippen LogP contribution is -2.32. The first kappa shape index (κ1) is 14.4. The number of hydrogen-bond donors (Lipinski definition) is 2. The van der Waals surface area contributed by atoms with Crippen LogP contribution in [0.15, 0.2) is 48.5 Å². The van der Waals surface area contributed by atoms with Crippen LogP contribution in [0.3, 0.4) is 0 Å². The first-order chi connectivity index (χ1) is 10.5. The Hall–Kier alpha value is -2.49. The average Bonchev–Trinajstić information content (AvgIpc) is 2.75. The Morgan fingerprint density at radius 3 is 2.36 bits per heavy atom. The number of aromatic hydroxyl groups is 2. The summed E-state index contributed by atoms with van der Waals surface area (Å²) in [6.45, 7) is 0. The second-order valence-electron chi connectivity index (χ2n) is 5.86. The molecule has 0 aliphatic carbocycles. The number of carbonyl (C=O) groups is 1. The van der Waals surface area contributed by atoms with Crippen molar-refractivity contribution in [2.45, 2.75) is 24.8 Å². The molecule has 0 spiro atoms. The van der Waals surface area contributed by atoms with Gasteiger partial charge in [-0.25, -0.2) is 0 Å². The van der Waals surface area contributed by atoms with Crippen molar-refractivity contribution in [3.8, 4) is 11.5 Å². The molecule has 2 atom stereocenters. The molecule has 0 aromatic heterocycles. The SMILES string of the molecule is CN1C(=O)C[C@@H](c2ccccc2)[C@@H]1Cc1cc(O)cc(O)c1. The molecule has 1 aliphatic heterocycles. The summed E-state index contributed by atoms with van der Waals surface area (Å²) in [5.41, 5.74) is 1.97. The number of carbonyl (C=O) groups excluding carboxylic acids is 1. The zero-order valence-corrected chi connectivity index (χ0v) is 12.4. The normalized spacial score (nSPS) is 21.3. The fraction of sp³-hybridized carbons (Fsp3) is 0.278. The van der Waals surface area contributed by atoms with Gasteiger partial charge in [0.15, 0.2) is 0 Å². The van der Waals surface area contributed by atoms with Crippen LogP contribution in [0.1, 0.15) is 23.5 Å². The third kappa shape index (κ3) is 2.77. The van der Waals surface area contributed by atoms with Crippen LogP contribution in [0.25, 0.3) is 0 Å². The number of nitrogens with zero attached hydrogens (tertiary/aromatic N) is 1. The molecular formula is C18H19NO3. The fourth-order valence-electron chi connectivity index (χ4n) is 3.26. The molecular weight excluding hydrogens is 278 g/mol. The molecule has 0 saturated carbocycles. The van der Waals surface area contributed by atoms with Gasteiger partial charge in [-0.3, -0.25) is 4.79 Å². The Morgan fingerprint density at radius 2 is 1.73 bits per heavy atom. The molecule has 114 valence electrons. The molecule has 2 N–H and O–H groups in total. The van der Waals surface area contributed by atoms with E-state index in [0.717, 1.165) is 11.1 Å². The van der Waals surface area contributed by atoms with E-state index < -0.39 is 0 Å². The van der Waals surface area contributed by atoms with Crippen LogP contribution < -0.4 is 0 Å². The number of likely N-dealkylation sites (N-methyl/N-ethyl adjacent to an activating group) is 1.